The lowest BCUT2D eigenvalue weighted by atomic mass is 9.95. The normalized spacial score (nSPS) is 13.9. The lowest BCUT2D eigenvalue weighted by Crippen LogP contribution is -2.35. The minimum Gasteiger partial charge on any atom is -0.496 e. The number of benzene rings is 4. The van der Waals surface area contributed by atoms with E-state index >= 15 is 0 Å². The average Bonchev–Trinajstić information content (AvgIpc) is 2.99. The molecule has 6 nitrogen and oxygen atoms in total. The molecule has 0 unspecified atom stereocenters. The van der Waals surface area contributed by atoms with Gasteiger partial charge in [0, 0.05) is 43.2 Å². The maximum absolute atomic E-state index is 13.5. The Morgan fingerprint density at radius 3 is 2.31 bits per heavy atom. The number of aryl methyl sites for hydroxylation is 1. The number of piperidine rings is 1. The van der Waals surface area contributed by atoms with E-state index in [1.807, 2.05) is 79.7 Å². The SMILES string of the molecule is COc1ccc(C(=O)Cc2ccc(-c3ccc(OC4CCN(C)CC4)cc3)cc2NC(C)=O)cc1-c1cccc(C)c1. The van der Waals surface area contributed by atoms with Crippen LogP contribution in [0.5, 0.6) is 11.5 Å². The highest BCUT2D eigenvalue weighted by molar-refractivity contribution is 6.01. The molecule has 6 heteroatoms. The zero-order valence-corrected chi connectivity index (χ0v) is 24.8. The van der Waals surface area contributed by atoms with E-state index in [1.54, 1.807) is 13.2 Å². The molecule has 5 rings (SSSR count). The second-order valence-corrected chi connectivity index (χ2v) is 11.1. The molecular weight excluding hydrogens is 524 g/mol. The van der Waals surface area contributed by atoms with Gasteiger partial charge < -0.3 is 19.7 Å². The molecule has 0 spiro atoms. The number of nitrogens with zero attached hydrogens (tertiary/aromatic N) is 1. The van der Waals surface area contributed by atoms with Gasteiger partial charge in [0.25, 0.3) is 0 Å². The Labute approximate surface area is 248 Å². The average molecular weight is 563 g/mol. The first kappa shape index (κ1) is 29.1. The number of hydrogen-bond donors (Lipinski definition) is 1. The lowest BCUT2D eigenvalue weighted by molar-refractivity contribution is -0.114. The van der Waals surface area contributed by atoms with E-state index in [0.29, 0.717) is 17.0 Å². The van der Waals surface area contributed by atoms with Gasteiger partial charge in [-0.15, -0.1) is 0 Å². The molecule has 0 aromatic heterocycles. The third-order valence-corrected chi connectivity index (χ3v) is 7.78. The highest BCUT2D eigenvalue weighted by Gasteiger charge is 2.19. The van der Waals surface area contributed by atoms with Crippen molar-refractivity contribution in [3.05, 3.63) is 102 Å². The fraction of sp³-hybridized carbons (Fsp3) is 0.278. The monoisotopic (exact) mass is 562 g/mol. The molecule has 1 aliphatic rings. The van der Waals surface area contributed by atoms with E-state index in [-0.39, 0.29) is 24.2 Å². The van der Waals surface area contributed by atoms with Gasteiger partial charge >= 0.3 is 0 Å². The smallest absolute Gasteiger partial charge is 0.221 e. The van der Waals surface area contributed by atoms with Crippen molar-refractivity contribution in [1.29, 1.82) is 0 Å². The predicted octanol–water partition coefficient (Wildman–Crippen LogP) is 7.19. The summed E-state index contributed by atoms with van der Waals surface area (Å²) < 4.78 is 11.8. The molecule has 0 radical (unpaired) electrons. The molecule has 1 amide bonds. The summed E-state index contributed by atoms with van der Waals surface area (Å²) in [6.07, 6.45) is 2.46. The second-order valence-electron chi connectivity index (χ2n) is 11.1. The molecule has 1 fully saturated rings. The van der Waals surface area contributed by atoms with Crippen LogP contribution in [0.25, 0.3) is 22.3 Å². The predicted molar refractivity (Wildman–Crippen MR) is 169 cm³/mol. The number of likely N-dealkylation sites (tertiary alicyclic amines) is 1. The van der Waals surface area contributed by atoms with E-state index in [9.17, 15) is 9.59 Å². The van der Waals surface area contributed by atoms with Crippen molar-refractivity contribution in [2.75, 3.05) is 32.6 Å². The van der Waals surface area contributed by atoms with Gasteiger partial charge in [-0.1, -0.05) is 54.1 Å². The van der Waals surface area contributed by atoms with Gasteiger partial charge in [-0.05, 0) is 85.5 Å². The number of methoxy groups -OCH3 is 1. The maximum atomic E-state index is 13.5. The molecule has 216 valence electrons. The quantitative estimate of drug-likeness (QED) is 0.219. The molecule has 4 aromatic carbocycles. The highest BCUT2D eigenvalue weighted by Crippen LogP contribution is 2.33. The van der Waals surface area contributed by atoms with Crippen LogP contribution in [0.4, 0.5) is 5.69 Å². The minimum atomic E-state index is -0.186. The molecule has 0 atom stereocenters. The maximum Gasteiger partial charge on any atom is 0.221 e. The van der Waals surface area contributed by atoms with Gasteiger partial charge in [-0.25, -0.2) is 0 Å². The molecule has 1 heterocycles. The third-order valence-electron chi connectivity index (χ3n) is 7.78. The number of ketones is 1. The summed E-state index contributed by atoms with van der Waals surface area (Å²) in [5.74, 6) is 1.35. The number of hydrogen-bond acceptors (Lipinski definition) is 5. The van der Waals surface area contributed by atoms with E-state index in [2.05, 4.69) is 23.3 Å². The fourth-order valence-electron chi connectivity index (χ4n) is 5.43. The van der Waals surface area contributed by atoms with Crippen molar-refractivity contribution >= 4 is 17.4 Å². The number of ether oxygens (including phenoxy) is 2. The Balaban J connectivity index is 1.36. The van der Waals surface area contributed by atoms with Gasteiger partial charge in [0.15, 0.2) is 5.78 Å². The Morgan fingerprint density at radius 1 is 0.881 bits per heavy atom. The van der Waals surface area contributed by atoms with E-state index < -0.39 is 0 Å². The zero-order valence-electron chi connectivity index (χ0n) is 24.8. The molecule has 4 aromatic rings. The first-order valence-corrected chi connectivity index (χ1v) is 14.4. The van der Waals surface area contributed by atoms with Crippen molar-refractivity contribution in [3.63, 3.8) is 0 Å². The summed E-state index contributed by atoms with van der Waals surface area (Å²) in [4.78, 5) is 27.9. The number of carbonyl (C=O) groups excluding carboxylic acids is 2. The van der Waals surface area contributed by atoms with Crippen molar-refractivity contribution in [1.82, 2.24) is 4.90 Å². The van der Waals surface area contributed by atoms with Gasteiger partial charge in [0.05, 0.1) is 7.11 Å². The molecule has 1 aliphatic heterocycles. The largest absolute Gasteiger partial charge is 0.496 e. The van der Waals surface area contributed by atoms with Crippen LogP contribution in [0, 0.1) is 6.92 Å². The van der Waals surface area contributed by atoms with Crippen LogP contribution in [-0.2, 0) is 11.2 Å². The van der Waals surface area contributed by atoms with E-state index in [0.717, 1.165) is 65.1 Å². The summed E-state index contributed by atoms with van der Waals surface area (Å²) >= 11 is 0. The summed E-state index contributed by atoms with van der Waals surface area (Å²) in [6, 6.07) is 27.6. The van der Waals surface area contributed by atoms with Crippen molar-refractivity contribution in [2.45, 2.75) is 39.2 Å². The van der Waals surface area contributed by atoms with E-state index in [1.165, 1.54) is 6.92 Å². The first-order chi connectivity index (χ1) is 20.3. The van der Waals surface area contributed by atoms with Gasteiger partial charge in [0.1, 0.15) is 17.6 Å². The number of amides is 1. The van der Waals surface area contributed by atoms with Crippen LogP contribution in [-0.4, -0.2) is 49.9 Å². The molecule has 1 N–H and O–H groups in total. The fourth-order valence-corrected chi connectivity index (χ4v) is 5.43. The Morgan fingerprint density at radius 2 is 1.62 bits per heavy atom. The molecular formula is C36H38N2O4. The summed E-state index contributed by atoms with van der Waals surface area (Å²) in [7, 11) is 3.77. The van der Waals surface area contributed by atoms with Crippen LogP contribution < -0.4 is 14.8 Å². The zero-order chi connectivity index (χ0) is 29.6. The Hall–Kier alpha value is -4.42. The molecule has 0 bridgehead atoms. The topological polar surface area (TPSA) is 67.9 Å². The molecule has 42 heavy (non-hydrogen) atoms. The van der Waals surface area contributed by atoms with Crippen molar-refractivity contribution < 1.29 is 19.1 Å². The molecule has 0 saturated carbocycles. The minimum absolute atomic E-state index is 0.0404. The van der Waals surface area contributed by atoms with Crippen LogP contribution in [0.2, 0.25) is 0 Å². The van der Waals surface area contributed by atoms with Crippen LogP contribution in [0.15, 0.2) is 84.9 Å². The van der Waals surface area contributed by atoms with Gasteiger partial charge in [-0.2, -0.15) is 0 Å². The van der Waals surface area contributed by atoms with Crippen LogP contribution in [0.3, 0.4) is 0 Å². The summed E-state index contributed by atoms with van der Waals surface area (Å²) in [5.41, 5.74) is 6.93. The number of Topliss-reactive ketones (excluding diaryl/α,β-unsaturated/α-hetero) is 1. The van der Waals surface area contributed by atoms with Crippen LogP contribution >= 0.6 is 0 Å². The Kier molecular flexibility index (Phi) is 9.03. The summed E-state index contributed by atoms with van der Waals surface area (Å²) in [6.45, 7) is 5.62. The van der Waals surface area contributed by atoms with Gasteiger partial charge in [0.2, 0.25) is 5.91 Å². The third kappa shape index (κ3) is 7.07. The number of anilines is 1. The van der Waals surface area contributed by atoms with Crippen molar-refractivity contribution in [3.8, 4) is 33.8 Å². The van der Waals surface area contributed by atoms with Crippen LogP contribution in [0.1, 0.15) is 41.3 Å². The molecule has 1 saturated heterocycles. The number of rotatable bonds is 9. The highest BCUT2D eigenvalue weighted by atomic mass is 16.5. The lowest BCUT2D eigenvalue weighted by Gasteiger charge is -2.29. The first-order valence-electron chi connectivity index (χ1n) is 14.4. The number of nitrogens with one attached hydrogen (secondary N) is 1. The second kappa shape index (κ2) is 13.0. The summed E-state index contributed by atoms with van der Waals surface area (Å²) in [5, 5.41) is 2.93. The molecule has 0 aliphatic carbocycles. The van der Waals surface area contributed by atoms with E-state index in [4.69, 9.17) is 9.47 Å². The van der Waals surface area contributed by atoms with Gasteiger partial charge in [-0.3, -0.25) is 9.59 Å². The number of carbonyl (C=O) groups is 2. The van der Waals surface area contributed by atoms with Crippen molar-refractivity contribution in [2.24, 2.45) is 0 Å². The Bertz CT molecular complexity index is 1570. The standard InChI is InChI=1S/C36H38N2O4/c1-24-6-5-7-28(20-24)33-21-30(12-15-36(33)41-4)35(40)23-29-9-8-27(22-34(29)37-25(2)39)26-10-13-31(14-11-26)42-32-16-18-38(3)19-17-32/h5-15,20-22,32H,16-19,23H2,1-4H3,(H,37,39).